The molecule has 3 N–H and O–H groups in total. The summed E-state index contributed by atoms with van der Waals surface area (Å²) in [5, 5.41) is 2.95. The Morgan fingerprint density at radius 2 is 1.72 bits per heavy atom. The summed E-state index contributed by atoms with van der Waals surface area (Å²) in [7, 11) is 4.80. The van der Waals surface area contributed by atoms with E-state index in [4.69, 9.17) is 19.9 Å². The van der Waals surface area contributed by atoms with Crippen LogP contribution in [-0.2, 0) is 9.53 Å². The fourth-order valence-corrected chi connectivity index (χ4v) is 4.78. The van der Waals surface area contributed by atoms with Crippen LogP contribution in [-0.4, -0.2) is 81.9 Å². The van der Waals surface area contributed by atoms with E-state index in [1.807, 2.05) is 4.90 Å². The Labute approximate surface area is 190 Å². The number of ether oxygens (including phenoxy) is 3. The van der Waals surface area contributed by atoms with Gasteiger partial charge in [0.15, 0.2) is 11.5 Å². The number of hydrogen-bond donors (Lipinski definition) is 2. The Hall–Kier alpha value is -2.52. The van der Waals surface area contributed by atoms with Crippen molar-refractivity contribution in [2.45, 2.75) is 38.1 Å². The number of likely N-dealkylation sites (tertiary alicyclic amines) is 2. The number of anilines is 1. The zero-order valence-electron chi connectivity index (χ0n) is 19.4. The number of benzene rings is 1. The number of amides is 3. The third-order valence-corrected chi connectivity index (χ3v) is 6.97. The van der Waals surface area contributed by atoms with Crippen LogP contribution in [0.2, 0.25) is 0 Å². The maximum Gasteiger partial charge on any atom is 0.321 e. The van der Waals surface area contributed by atoms with Gasteiger partial charge in [0.1, 0.15) is 0 Å². The van der Waals surface area contributed by atoms with Gasteiger partial charge >= 0.3 is 6.03 Å². The molecule has 2 fully saturated rings. The molecule has 3 rings (SSSR count). The molecule has 0 aliphatic carbocycles. The summed E-state index contributed by atoms with van der Waals surface area (Å²) in [6, 6.07) is 5.64. The van der Waals surface area contributed by atoms with Crippen molar-refractivity contribution in [3.05, 3.63) is 18.2 Å². The van der Waals surface area contributed by atoms with Gasteiger partial charge in [0.05, 0.1) is 19.6 Å². The quantitative estimate of drug-likeness (QED) is 0.632. The molecule has 9 nitrogen and oxygen atoms in total. The molecule has 3 amide bonds. The van der Waals surface area contributed by atoms with Crippen LogP contribution in [0.25, 0.3) is 0 Å². The lowest BCUT2D eigenvalue weighted by Crippen LogP contribution is -2.53. The highest BCUT2D eigenvalue weighted by Gasteiger charge is 2.41. The van der Waals surface area contributed by atoms with Gasteiger partial charge in [0.2, 0.25) is 5.91 Å². The SMILES string of the molecule is COCCC1(C(N)=O)CCN(C2CCN(C(=O)Nc3ccc(OC)c(OC)c3)CC2)CC1. The van der Waals surface area contributed by atoms with E-state index >= 15 is 0 Å². The van der Waals surface area contributed by atoms with Gasteiger partial charge in [0, 0.05) is 44.6 Å². The summed E-state index contributed by atoms with van der Waals surface area (Å²) >= 11 is 0. The largest absolute Gasteiger partial charge is 0.493 e. The molecule has 1 aromatic carbocycles. The number of nitrogens with two attached hydrogens (primary N) is 1. The summed E-state index contributed by atoms with van der Waals surface area (Å²) in [5.74, 6) is 0.984. The average Bonchev–Trinajstić information content (AvgIpc) is 2.83. The van der Waals surface area contributed by atoms with Crippen molar-refractivity contribution >= 4 is 17.6 Å². The number of methoxy groups -OCH3 is 3. The summed E-state index contributed by atoms with van der Waals surface area (Å²) in [4.78, 5) is 29.1. The topological polar surface area (TPSA) is 106 Å². The zero-order chi connectivity index (χ0) is 23.1. The van der Waals surface area contributed by atoms with Crippen molar-refractivity contribution in [1.29, 1.82) is 0 Å². The molecule has 2 aliphatic heterocycles. The summed E-state index contributed by atoms with van der Waals surface area (Å²) < 4.78 is 15.7. The van der Waals surface area contributed by atoms with Gasteiger partial charge in [-0.05, 0) is 57.3 Å². The summed E-state index contributed by atoms with van der Waals surface area (Å²) in [6.07, 6.45) is 4.06. The standard InChI is InChI=1S/C23H36N4O5/c1-30-15-10-23(21(24)28)8-13-26(14-9-23)18-6-11-27(12-7-18)22(29)25-17-4-5-19(31-2)20(16-17)32-3/h4-5,16,18H,6-15H2,1-3H3,(H2,24,28)(H,25,29). The number of hydrogen-bond acceptors (Lipinski definition) is 6. The Bertz CT molecular complexity index is 787. The van der Waals surface area contributed by atoms with E-state index in [-0.39, 0.29) is 11.9 Å². The fraction of sp³-hybridized carbons (Fsp3) is 0.652. The number of piperidine rings is 2. The van der Waals surface area contributed by atoms with E-state index in [1.54, 1.807) is 39.5 Å². The molecule has 2 heterocycles. The second-order valence-corrected chi connectivity index (χ2v) is 8.64. The van der Waals surface area contributed by atoms with Crippen molar-refractivity contribution in [2.24, 2.45) is 11.1 Å². The molecule has 0 atom stereocenters. The van der Waals surface area contributed by atoms with Crippen molar-refractivity contribution in [3.63, 3.8) is 0 Å². The molecule has 9 heteroatoms. The zero-order valence-corrected chi connectivity index (χ0v) is 19.4. The van der Waals surface area contributed by atoms with Crippen LogP contribution < -0.4 is 20.5 Å². The van der Waals surface area contributed by atoms with Crippen LogP contribution in [0.1, 0.15) is 32.1 Å². The van der Waals surface area contributed by atoms with E-state index in [0.717, 1.165) is 38.8 Å². The van der Waals surface area contributed by atoms with Crippen LogP contribution >= 0.6 is 0 Å². The molecule has 0 spiro atoms. The monoisotopic (exact) mass is 448 g/mol. The number of carbonyl (C=O) groups excluding carboxylic acids is 2. The first-order valence-electron chi connectivity index (χ1n) is 11.2. The van der Waals surface area contributed by atoms with E-state index in [9.17, 15) is 9.59 Å². The first-order chi connectivity index (χ1) is 15.4. The molecule has 0 aromatic heterocycles. The number of carbonyl (C=O) groups is 2. The molecule has 178 valence electrons. The predicted molar refractivity (Wildman–Crippen MR) is 122 cm³/mol. The normalized spacial score (nSPS) is 19.4. The fourth-order valence-electron chi connectivity index (χ4n) is 4.78. The van der Waals surface area contributed by atoms with Gasteiger partial charge < -0.3 is 35.1 Å². The molecule has 32 heavy (non-hydrogen) atoms. The summed E-state index contributed by atoms with van der Waals surface area (Å²) in [6.45, 7) is 3.66. The second-order valence-electron chi connectivity index (χ2n) is 8.64. The number of primary amides is 1. The molecule has 0 radical (unpaired) electrons. The highest BCUT2D eigenvalue weighted by molar-refractivity contribution is 5.89. The third-order valence-electron chi connectivity index (χ3n) is 6.97. The first-order valence-corrected chi connectivity index (χ1v) is 11.2. The lowest BCUT2D eigenvalue weighted by molar-refractivity contribution is -0.132. The maximum absolute atomic E-state index is 12.7. The van der Waals surface area contributed by atoms with Gasteiger partial charge in [-0.15, -0.1) is 0 Å². The van der Waals surface area contributed by atoms with Crippen LogP contribution in [0.15, 0.2) is 18.2 Å². The Kier molecular flexibility index (Phi) is 8.20. The van der Waals surface area contributed by atoms with E-state index in [2.05, 4.69) is 10.2 Å². The van der Waals surface area contributed by atoms with Crippen LogP contribution in [0.3, 0.4) is 0 Å². The minimum absolute atomic E-state index is 0.110. The number of rotatable bonds is 8. The number of nitrogens with zero attached hydrogens (tertiary/aromatic N) is 2. The third kappa shape index (κ3) is 5.45. The van der Waals surface area contributed by atoms with E-state index in [1.165, 1.54) is 0 Å². The molecule has 0 bridgehead atoms. The Morgan fingerprint density at radius 1 is 1.06 bits per heavy atom. The molecule has 0 saturated carbocycles. The highest BCUT2D eigenvalue weighted by atomic mass is 16.5. The lowest BCUT2D eigenvalue weighted by Gasteiger charge is -2.45. The minimum Gasteiger partial charge on any atom is -0.493 e. The number of nitrogens with one attached hydrogen (secondary N) is 1. The second kappa shape index (κ2) is 10.9. The predicted octanol–water partition coefficient (Wildman–Crippen LogP) is 2.30. The van der Waals surface area contributed by atoms with Gasteiger partial charge in [-0.25, -0.2) is 4.79 Å². The Balaban J connectivity index is 1.49. The van der Waals surface area contributed by atoms with Gasteiger partial charge in [-0.1, -0.05) is 0 Å². The molecule has 0 unspecified atom stereocenters. The van der Waals surface area contributed by atoms with Crippen molar-refractivity contribution < 1.29 is 23.8 Å². The van der Waals surface area contributed by atoms with Crippen LogP contribution in [0.4, 0.5) is 10.5 Å². The van der Waals surface area contributed by atoms with E-state index in [0.29, 0.717) is 49.3 Å². The molecular weight excluding hydrogens is 412 g/mol. The minimum atomic E-state index is -0.452. The van der Waals surface area contributed by atoms with Gasteiger partial charge in [0.25, 0.3) is 0 Å². The molecular formula is C23H36N4O5. The van der Waals surface area contributed by atoms with Gasteiger partial charge in [-0.3, -0.25) is 4.79 Å². The molecule has 1 aromatic rings. The first kappa shape index (κ1) is 24.1. The Morgan fingerprint density at radius 3 is 2.28 bits per heavy atom. The summed E-state index contributed by atoms with van der Waals surface area (Å²) in [5.41, 5.74) is 5.96. The average molecular weight is 449 g/mol. The van der Waals surface area contributed by atoms with Crippen LogP contribution in [0.5, 0.6) is 11.5 Å². The smallest absolute Gasteiger partial charge is 0.321 e. The molecule has 2 saturated heterocycles. The van der Waals surface area contributed by atoms with Crippen LogP contribution in [0, 0.1) is 5.41 Å². The van der Waals surface area contributed by atoms with Crippen molar-refractivity contribution in [3.8, 4) is 11.5 Å². The lowest BCUT2D eigenvalue weighted by atomic mass is 9.74. The highest BCUT2D eigenvalue weighted by Crippen LogP contribution is 2.36. The molecule has 2 aliphatic rings. The van der Waals surface area contributed by atoms with E-state index < -0.39 is 5.41 Å². The van der Waals surface area contributed by atoms with Crippen molar-refractivity contribution in [1.82, 2.24) is 9.80 Å². The number of urea groups is 1. The maximum atomic E-state index is 12.7. The van der Waals surface area contributed by atoms with Crippen molar-refractivity contribution in [2.75, 3.05) is 59.4 Å². The van der Waals surface area contributed by atoms with Gasteiger partial charge in [-0.2, -0.15) is 0 Å².